The number of esters is 2. The molecule has 3 N–H and O–H groups in total. The Kier molecular flexibility index (Phi) is 61.7. The van der Waals surface area contributed by atoms with Gasteiger partial charge < -0.3 is 20.1 Å². The quantitative estimate of drug-likeness (QED) is 0.0264. The SMILES string of the molecule is CC/C=C\C/C=C\C/C=C\C/C=C\C/C=C\C/C=C\C/C=C\C/C=C\C/C=C\C/C=C\CCCCCCCCCCCCC(=O)OC(COC(=O)CCCCCCCCCCCCCCCCCCCC)COP(=O)(O)OCCN. The average Bonchev–Trinajstić information content (AvgIpc) is 3.45. The molecule has 0 fully saturated rings. The van der Waals surface area contributed by atoms with Crippen LogP contribution in [0.4, 0.5) is 0 Å². The molecule has 0 aromatic rings. The average molecular weight is 1130 g/mol. The smallest absolute Gasteiger partial charge is 0.462 e. The summed E-state index contributed by atoms with van der Waals surface area (Å²) in [6.45, 7) is 3.64. The second kappa shape index (κ2) is 64.6. The van der Waals surface area contributed by atoms with E-state index in [1.807, 2.05) is 0 Å². The molecule has 0 heterocycles. The first-order chi connectivity index (χ1) is 39.3. The molecule has 0 rings (SSSR count). The predicted octanol–water partition coefficient (Wildman–Crippen LogP) is 21.1. The van der Waals surface area contributed by atoms with E-state index in [1.165, 1.54) is 135 Å². The highest BCUT2D eigenvalue weighted by atomic mass is 31.2. The highest BCUT2D eigenvalue weighted by molar-refractivity contribution is 7.47. The van der Waals surface area contributed by atoms with Crippen LogP contribution in [0.1, 0.15) is 277 Å². The first-order valence-electron chi connectivity index (χ1n) is 32.5. The van der Waals surface area contributed by atoms with E-state index in [1.54, 1.807) is 0 Å². The molecule has 0 radical (unpaired) electrons. The lowest BCUT2D eigenvalue weighted by atomic mass is 10.0. The Hall–Kier alpha value is -3.59. The van der Waals surface area contributed by atoms with Gasteiger partial charge in [-0.1, -0.05) is 296 Å². The van der Waals surface area contributed by atoms with Crippen molar-refractivity contribution in [3.63, 3.8) is 0 Å². The summed E-state index contributed by atoms with van der Waals surface area (Å²) in [5, 5.41) is 0. The topological polar surface area (TPSA) is 134 Å². The number of hydrogen-bond acceptors (Lipinski definition) is 8. The largest absolute Gasteiger partial charge is 0.472 e. The number of allylic oxidation sites excluding steroid dienone is 20. The molecule has 0 aliphatic carbocycles. The normalized spacial score (nSPS) is 13.8. The van der Waals surface area contributed by atoms with E-state index in [2.05, 4.69) is 135 Å². The van der Waals surface area contributed by atoms with Gasteiger partial charge in [0.2, 0.25) is 0 Å². The lowest BCUT2D eigenvalue weighted by Crippen LogP contribution is -2.29. The molecule has 80 heavy (non-hydrogen) atoms. The summed E-state index contributed by atoms with van der Waals surface area (Å²) >= 11 is 0. The summed E-state index contributed by atoms with van der Waals surface area (Å²) in [4.78, 5) is 35.2. The van der Waals surface area contributed by atoms with Crippen LogP contribution >= 0.6 is 7.82 Å². The highest BCUT2D eigenvalue weighted by Crippen LogP contribution is 2.43. The summed E-state index contributed by atoms with van der Waals surface area (Å²) < 4.78 is 33.1. The maximum Gasteiger partial charge on any atom is 0.472 e. The minimum absolute atomic E-state index is 0.0494. The van der Waals surface area contributed by atoms with Crippen LogP contribution in [-0.4, -0.2) is 49.3 Å². The number of hydrogen-bond donors (Lipinski definition) is 2. The van der Waals surface area contributed by atoms with Crippen molar-refractivity contribution in [1.82, 2.24) is 0 Å². The lowest BCUT2D eigenvalue weighted by molar-refractivity contribution is -0.161. The summed E-state index contributed by atoms with van der Waals surface area (Å²) in [5.41, 5.74) is 5.39. The molecule has 0 spiro atoms. The summed E-state index contributed by atoms with van der Waals surface area (Å²) in [6, 6.07) is 0. The third-order valence-electron chi connectivity index (χ3n) is 13.6. The molecule has 9 nitrogen and oxygen atoms in total. The monoisotopic (exact) mass is 1130 g/mol. The first kappa shape index (κ1) is 76.4. The Morgan fingerprint density at radius 2 is 0.688 bits per heavy atom. The van der Waals surface area contributed by atoms with Gasteiger partial charge in [-0.2, -0.15) is 0 Å². The van der Waals surface area contributed by atoms with Crippen molar-refractivity contribution >= 4 is 19.8 Å². The van der Waals surface area contributed by atoms with Gasteiger partial charge in [0.25, 0.3) is 0 Å². The van der Waals surface area contributed by atoms with E-state index in [4.69, 9.17) is 24.3 Å². The van der Waals surface area contributed by atoms with Crippen LogP contribution in [0.25, 0.3) is 0 Å². The number of unbranched alkanes of at least 4 members (excludes halogenated alkanes) is 27. The van der Waals surface area contributed by atoms with Crippen molar-refractivity contribution in [2.75, 3.05) is 26.4 Å². The molecule has 0 aromatic carbocycles. The maximum atomic E-state index is 12.7. The third-order valence-corrected chi connectivity index (χ3v) is 14.6. The van der Waals surface area contributed by atoms with Gasteiger partial charge in [0, 0.05) is 19.4 Å². The van der Waals surface area contributed by atoms with E-state index in [9.17, 15) is 19.0 Å². The van der Waals surface area contributed by atoms with Crippen LogP contribution in [0.2, 0.25) is 0 Å². The Bertz CT molecular complexity index is 1720. The van der Waals surface area contributed by atoms with Crippen molar-refractivity contribution in [2.24, 2.45) is 5.73 Å². The van der Waals surface area contributed by atoms with Gasteiger partial charge >= 0.3 is 19.8 Å². The zero-order valence-electron chi connectivity index (χ0n) is 51.3. The minimum Gasteiger partial charge on any atom is -0.462 e. The van der Waals surface area contributed by atoms with Crippen LogP contribution in [0, 0.1) is 0 Å². The predicted molar refractivity (Wildman–Crippen MR) is 344 cm³/mol. The zero-order valence-corrected chi connectivity index (χ0v) is 52.2. The standard InChI is InChI=1S/C70H120NO8P/c1-3-5-7-9-11-13-15-17-19-21-23-24-25-26-27-28-29-30-31-32-33-34-35-36-37-38-39-40-41-42-43-44-45-47-49-51-53-55-57-59-61-63-70(73)79-68(67-78-80(74,75)77-65-64-71)66-76-69(72)62-60-58-56-54-52-50-48-46-22-20-18-16-14-12-10-8-6-4-2/h5,7,11,13,17,19,23-24,26-27,29-30,32-33,35-36,38-39,41-42,68H,3-4,6,8-10,12,14-16,18,20-22,25,28,31,34,37,40,43-67,71H2,1-2H3,(H,74,75)/b7-5-,13-11-,19-17-,24-23-,27-26-,30-29-,33-32-,36-35-,39-38-,42-41-. The summed E-state index contributed by atoms with van der Waals surface area (Å²) in [5.74, 6) is -0.829. The molecule has 458 valence electrons. The number of nitrogens with two attached hydrogens (primary N) is 1. The molecule has 0 aliphatic rings. The van der Waals surface area contributed by atoms with E-state index >= 15 is 0 Å². The van der Waals surface area contributed by atoms with Crippen LogP contribution < -0.4 is 5.73 Å². The first-order valence-corrected chi connectivity index (χ1v) is 34.0. The molecule has 10 heteroatoms. The molecular formula is C70H120NO8P. The number of carbonyl (C=O) groups excluding carboxylic acids is 2. The zero-order chi connectivity index (χ0) is 58.0. The molecule has 0 saturated carbocycles. The molecular weight excluding hydrogens is 1010 g/mol. The second-order valence-corrected chi connectivity index (χ2v) is 22.7. The highest BCUT2D eigenvalue weighted by Gasteiger charge is 2.26. The minimum atomic E-state index is -4.39. The van der Waals surface area contributed by atoms with Gasteiger partial charge in [-0.3, -0.25) is 18.6 Å². The summed E-state index contributed by atoms with van der Waals surface area (Å²) in [7, 11) is -4.39. The fraction of sp³-hybridized carbons (Fsp3) is 0.686. The number of rotatable bonds is 60. The second-order valence-electron chi connectivity index (χ2n) is 21.3. The van der Waals surface area contributed by atoms with Crippen LogP contribution in [-0.2, 0) is 32.7 Å². The maximum absolute atomic E-state index is 12.7. The van der Waals surface area contributed by atoms with Gasteiger partial charge in [-0.15, -0.1) is 0 Å². The molecule has 0 saturated heterocycles. The Labute approximate surface area is 491 Å². The van der Waals surface area contributed by atoms with Crippen molar-refractivity contribution in [3.05, 3.63) is 122 Å². The molecule has 0 aliphatic heterocycles. The van der Waals surface area contributed by atoms with Gasteiger partial charge in [-0.05, 0) is 89.9 Å². The van der Waals surface area contributed by atoms with Crippen LogP contribution in [0.5, 0.6) is 0 Å². The number of phosphoric acid groups is 1. The van der Waals surface area contributed by atoms with Crippen LogP contribution in [0.15, 0.2) is 122 Å². The van der Waals surface area contributed by atoms with Gasteiger partial charge in [0.15, 0.2) is 6.10 Å². The van der Waals surface area contributed by atoms with Gasteiger partial charge in [0.05, 0.1) is 13.2 Å². The van der Waals surface area contributed by atoms with E-state index in [0.717, 1.165) is 109 Å². The fourth-order valence-electron chi connectivity index (χ4n) is 8.84. The Morgan fingerprint density at radius 3 is 1.02 bits per heavy atom. The lowest BCUT2D eigenvalue weighted by Gasteiger charge is -2.19. The van der Waals surface area contributed by atoms with Gasteiger partial charge in [0.1, 0.15) is 6.61 Å². The number of phosphoric ester groups is 1. The van der Waals surface area contributed by atoms with Crippen molar-refractivity contribution in [1.29, 1.82) is 0 Å². The molecule has 0 amide bonds. The molecule has 2 unspecified atom stereocenters. The third kappa shape index (κ3) is 63.6. The number of ether oxygens (including phenoxy) is 2. The molecule has 0 bridgehead atoms. The Morgan fingerprint density at radius 1 is 0.388 bits per heavy atom. The van der Waals surface area contributed by atoms with E-state index in [0.29, 0.717) is 6.42 Å². The molecule has 0 aromatic heterocycles. The summed E-state index contributed by atoms with van der Waals surface area (Å²) in [6.07, 6.45) is 89.8. The molecule has 2 atom stereocenters. The van der Waals surface area contributed by atoms with Crippen molar-refractivity contribution in [3.8, 4) is 0 Å². The van der Waals surface area contributed by atoms with Gasteiger partial charge in [-0.25, -0.2) is 4.57 Å². The fourth-order valence-corrected chi connectivity index (χ4v) is 9.61. The Balaban J connectivity index is 3.94. The van der Waals surface area contributed by atoms with Crippen molar-refractivity contribution < 1.29 is 37.6 Å². The van der Waals surface area contributed by atoms with E-state index in [-0.39, 0.29) is 38.6 Å². The number of carbonyl (C=O) groups is 2. The van der Waals surface area contributed by atoms with Crippen LogP contribution in [0.3, 0.4) is 0 Å². The van der Waals surface area contributed by atoms with Crippen molar-refractivity contribution in [2.45, 2.75) is 283 Å². The van der Waals surface area contributed by atoms with E-state index < -0.39 is 26.5 Å².